The molecule has 0 spiro atoms. The van der Waals surface area contributed by atoms with Gasteiger partial charge in [0.1, 0.15) is 17.7 Å². The first-order valence-corrected chi connectivity index (χ1v) is 5.60. The number of hydrazine groups is 1. The molecule has 4 heteroatoms. The van der Waals surface area contributed by atoms with E-state index in [2.05, 4.69) is 16.1 Å². The van der Waals surface area contributed by atoms with Crippen LogP contribution in [-0.4, -0.2) is 37.3 Å². The molecule has 0 radical (unpaired) electrons. The number of hydrogen-bond donors (Lipinski definition) is 0. The van der Waals surface area contributed by atoms with Gasteiger partial charge in [0.05, 0.1) is 14.2 Å². The second-order valence-corrected chi connectivity index (χ2v) is 4.16. The zero-order chi connectivity index (χ0) is 11.1. The van der Waals surface area contributed by atoms with E-state index in [0.717, 1.165) is 11.5 Å². The second kappa shape index (κ2) is 3.64. The van der Waals surface area contributed by atoms with Crippen LogP contribution in [0.1, 0.15) is 18.2 Å². The van der Waals surface area contributed by atoms with E-state index in [1.165, 1.54) is 25.1 Å². The van der Waals surface area contributed by atoms with E-state index < -0.39 is 0 Å². The fourth-order valence-corrected chi connectivity index (χ4v) is 2.49. The van der Waals surface area contributed by atoms with E-state index in [-0.39, 0.29) is 0 Å². The second-order valence-electron chi connectivity index (χ2n) is 4.16. The van der Waals surface area contributed by atoms with Gasteiger partial charge in [-0.3, -0.25) is 0 Å². The van der Waals surface area contributed by atoms with Crippen LogP contribution in [-0.2, 0) is 0 Å². The Bertz CT molecular complexity index is 398. The average Bonchev–Trinajstić information content (AvgIpc) is 2.80. The van der Waals surface area contributed by atoms with Crippen molar-refractivity contribution in [3.05, 3.63) is 23.8 Å². The van der Waals surface area contributed by atoms with Crippen molar-refractivity contribution < 1.29 is 9.47 Å². The zero-order valence-corrected chi connectivity index (χ0v) is 9.64. The van der Waals surface area contributed by atoms with Gasteiger partial charge in [0.2, 0.25) is 0 Å². The van der Waals surface area contributed by atoms with Crippen LogP contribution < -0.4 is 9.47 Å². The van der Waals surface area contributed by atoms with Crippen molar-refractivity contribution in [2.45, 2.75) is 12.6 Å². The van der Waals surface area contributed by atoms with Crippen molar-refractivity contribution in [3.63, 3.8) is 0 Å². The molecule has 4 nitrogen and oxygen atoms in total. The van der Waals surface area contributed by atoms with Crippen molar-refractivity contribution in [2.24, 2.45) is 0 Å². The van der Waals surface area contributed by atoms with Gasteiger partial charge in [-0.15, -0.1) is 0 Å². The number of fused-ring (bicyclic) bond motifs is 1. The third kappa shape index (κ3) is 1.37. The van der Waals surface area contributed by atoms with Gasteiger partial charge in [0.25, 0.3) is 0 Å². The van der Waals surface area contributed by atoms with Gasteiger partial charge in [0, 0.05) is 24.7 Å². The zero-order valence-electron chi connectivity index (χ0n) is 9.64. The molecule has 86 valence electrons. The van der Waals surface area contributed by atoms with E-state index in [9.17, 15) is 0 Å². The largest absolute Gasteiger partial charge is 0.497 e. The fourth-order valence-electron chi connectivity index (χ4n) is 2.49. The molecule has 2 saturated heterocycles. The van der Waals surface area contributed by atoms with Gasteiger partial charge in [-0.25, -0.2) is 10.0 Å². The summed E-state index contributed by atoms with van der Waals surface area (Å²) in [5.41, 5.74) is 1.24. The molecule has 0 aliphatic carbocycles. The van der Waals surface area contributed by atoms with Crippen LogP contribution in [0.2, 0.25) is 0 Å². The number of nitrogens with zero attached hydrogens (tertiary/aromatic N) is 2. The number of benzene rings is 1. The molecule has 2 fully saturated rings. The number of ether oxygens (including phenoxy) is 2. The van der Waals surface area contributed by atoms with Crippen molar-refractivity contribution >= 4 is 0 Å². The first-order valence-electron chi connectivity index (χ1n) is 5.60. The molecule has 2 heterocycles. The number of rotatable bonds is 3. The van der Waals surface area contributed by atoms with Crippen LogP contribution in [0.25, 0.3) is 0 Å². The lowest BCUT2D eigenvalue weighted by Crippen LogP contribution is -2.02. The summed E-state index contributed by atoms with van der Waals surface area (Å²) in [7, 11) is 3.38. The Morgan fingerprint density at radius 3 is 2.50 bits per heavy atom. The highest BCUT2D eigenvalue weighted by Gasteiger charge is 2.50. The van der Waals surface area contributed by atoms with Crippen molar-refractivity contribution in [1.29, 1.82) is 0 Å². The van der Waals surface area contributed by atoms with Crippen molar-refractivity contribution in [2.75, 3.05) is 27.3 Å². The Balaban J connectivity index is 1.89. The van der Waals surface area contributed by atoms with Crippen LogP contribution in [0.3, 0.4) is 0 Å². The summed E-state index contributed by atoms with van der Waals surface area (Å²) < 4.78 is 10.6. The molecule has 0 amide bonds. The average molecular weight is 220 g/mol. The van der Waals surface area contributed by atoms with Crippen molar-refractivity contribution in [3.8, 4) is 11.5 Å². The SMILES string of the molecule is COc1ccc(C2N3CCCN23)c(OC)c1. The Hall–Kier alpha value is -1.26. The Kier molecular flexibility index (Phi) is 2.26. The highest BCUT2D eigenvalue weighted by molar-refractivity contribution is 5.43. The number of methoxy groups -OCH3 is 2. The lowest BCUT2D eigenvalue weighted by atomic mass is 10.1. The normalized spacial score (nSPS) is 31.0. The maximum absolute atomic E-state index is 5.42. The maximum atomic E-state index is 5.42. The molecule has 0 saturated carbocycles. The molecule has 1 aromatic rings. The molecular weight excluding hydrogens is 204 g/mol. The fraction of sp³-hybridized carbons (Fsp3) is 0.500. The molecule has 0 N–H and O–H groups in total. The third-order valence-electron chi connectivity index (χ3n) is 3.33. The predicted octanol–water partition coefficient (Wildman–Crippen LogP) is 1.64. The molecule has 16 heavy (non-hydrogen) atoms. The summed E-state index contributed by atoms with van der Waals surface area (Å²) in [6.07, 6.45) is 1.70. The molecule has 2 unspecified atom stereocenters. The van der Waals surface area contributed by atoms with Gasteiger partial charge in [-0.1, -0.05) is 0 Å². The van der Waals surface area contributed by atoms with E-state index in [4.69, 9.17) is 9.47 Å². The lowest BCUT2D eigenvalue weighted by molar-refractivity contribution is 0.388. The lowest BCUT2D eigenvalue weighted by Gasteiger charge is -2.10. The number of hydrogen-bond acceptors (Lipinski definition) is 4. The predicted molar refractivity (Wildman–Crippen MR) is 60.3 cm³/mol. The summed E-state index contributed by atoms with van der Waals surface area (Å²) in [6.45, 7) is 2.33. The van der Waals surface area contributed by atoms with E-state index >= 15 is 0 Å². The first-order chi connectivity index (χ1) is 7.85. The van der Waals surface area contributed by atoms with Crippen LogP contribution in [0.5, 0.6) is 11.5 Å². The van der Waals surface area contributed by atoms with Gasteiger partial charge < -0.3 is 9.47 Å². The van der Waals surface area contributed by atoms with E-state index in [1.54, 1.807) is 14.2 Å². The summed E-state index contributed by atoms with van der Waals surface area (Å²) >= 11 is 0. The van der Waals surface area contributed by atoms with Gasteiger partial charge in [-0.05, 0) is 18.6 Å². The minimum Gasteiger partial charge on any atom is -0.497 e. The molecule has 2 aliphatic rings. The van der Waals surface area contributed by atoms with Crippen LogP contribution in [0, 0.1) is 0 Å². The topological polar surface area (TPSA) is 24.5 Å². The molecule has 2 atom stereocenters. The molecule has 1 aromatic carbocycles. The van der Waals surface area contributed by atoms with Crippen LogP contribution in [0.15, 0.2) is 18.2 Å². The summed E-state index contributed by atoms with van der Waals surface area (Å²) in [5, 5.41) is 4.76. The smallest absolute Gasteiger partial charge is 0.128 e. The van der Waals surface area contributed by atoms with Crippen molar-refractivity contribution in [1.82, 2.24) is 10.0 Å². The van der Waals surface area contributed by atoms with Crippen LogP contribution in [0.4, 0.5) is 0 Å². The molecule has 0 aromatic heterocycles. The summed E-state index contributed by atoms with van der Waals surface area (Å²) in [5.74, 6) is 1.76. The van der Waals surface area contributed by atoms with Gasteiger partial charge in [-0.2, -0.15) is 0 Å². The quantitative estimate of drug-likeness (QED) is 0.723. The summed E-state index contributed by atoms with van der Waals surface area (Å²) in [4.78, 5) is 0. The molecule has 2 aliphatic heterocycles. The highest BCUT2D eigenvalue weighted by Crippen LogP contribution is 2.48. The monoisotopic (exact) mass is 220 g/mol. The Morgan fingerprint density at radius 1 is 1.12 bits per heavy atom. The Labute approximate surface area is 95.3 Å². The minimum absolute atomic E-state index is 0.426. The maximum Gasteiger partial charge on any atom is 0.128 e. The van der Waals surface area contributed by atoms with Gasteiger partial charge >= 0.3 is 0 Å². The first kappa shape index (κ1) is 9.93. The van der Waals surface area contributed by atoms with E-state index in [1.807, 2.05) is 12.1 Å². The Morgan fingerprint density at radius 2 is 1.88 bits per heavy atom. The minimum atomic E-state index is 0.426. The van der Waals surface area contributed by atoms with Gasteiger partial charge in [0.15, 0.2) is 0 Å². The molecule has 3 rings (SSSR count). The van der Waals surface area contributed by atoms with E-state index in [0.29, 0.717) is 6.17 Å². The third-order valence-corrected chi connectivity index (χ3v) is 3.33. The summed E-state index contributed by atoms with van der Waals surface area (Å²) in [6, 6.07) is 6.04. The molecule has 0 bridgehead atoms. The molecular formula is C12H16N2O2. The highest BCUT2D eigenvalue weighted by atomic mass is 16.5. The van der Waals surface area contributed by atoms with Crippen LogP contribution >= 0.6 is 0 Å². The standard InChI is InChI=1S/C12H16N2O2/c1-15-9-4-5-10(11(8-9)16-2)12-13-6-3-7-14(12)13/h4-5,8,12H,3,6-7H2,1-2H3.